The molecule has 2 aromatic heterocycles. The van der Waals surface area contributed by atoms with Gasteiger partial charge in [0.1, 0.15) is 0 Å². The lowest BCUT2D eigenvalue weighted by Gasteiger charge is -2.12. The molecule has 0 fully saturated rings. The Kier molecular flexibility index (Phi) is 5.38. The van der Waals surface area contributed by atoms with Gasteiger partial charge in [-0.05, 0) is 46.3 Å². The van der Waals surface area contributed by atoms with Crippen LogP contribution < -0.4 is 0 Å². The second-order valence-electron chi connectivity index (χ2n) is 6.79. The first-order chi connectivity index (χ1) is 13.8. The highest BCUT2D eigenvalue weighted by Gasteiger charge is 2.20. The normalized spacial score (nSPS) is 11.1. The Morgan fingerprint density at radius 3 is 2.07 bits per heavy atom. The number of hydrogen-bond acceptors (Lipinski definition) is 2. The van der Waals surface area contributed by atoms with Crippen LogP contribution in [0, 0.1) is 0 Å². The summed E-state index contributed by atoms with van der Waals surface area (Å²) in [7, 11) is 3.46. The monoisotopic (exact) mass is 487 g/mol. The molecule has 0 aliphatic rings. The van der Waals surface area contributed by atoms with Crippen molar-refractivity contribution >= 4 is 50.7 Å². The van der Waals surface area contributed by atoms with Crippen LogP contribution in [0.15, 0.2) is 65.3 Å². The van der Waals surface area contributed by atoms with E-state index in [1.165, 1.54) is 0 Å². The molecule has 2 heterocycles. The summed E-state index contributed by atoms with van der Waals surface area (Å²) < 4.78 is 2.68. The number of imidazole rings is 1. The highest BCUT2D eigenvalue weighted by Crippen LogP contribution is 2.36. The van der Waals surface area contributed by atoms with Crippen LogP contribution in [-0.4, -0.2) is 34.3 Å². The Labute approximate surface area is 186 Å². The van der Waals surface area contributed by atoms with Crippen molar-refractivity contribution in [2.45, 2.75) is 0 Å². The average Bonchev–Trinajstić information content (AvgIpc) is 3.08. The minimum Gasteiger partial charge on any atom is -0.345 e. The lowest BCUT2D eigenvalue weighted by Crippen LogP contribution is -2.22. The van der Waals surface area contributed by atoms with E-state index < -0.39 is 0 Å². The molecule has 0 aliphatic heterocycles. The number of halogens is 3. The van der Waals surface area contributed by atoms with E-state index in [4.69, 9.17) is 28.2 Å². The van der Waals surface area contributed by atoms with E-state index in [-0.39, 0.29) is 5.91 Å². The smallest absolute Gasteiger partial charge is 0.254 e. The molecule has 146 valence electrons. The van der Waals surface area contributed by atoms with Crippen molar-refractivity contribution in [2.75, 3.05) is 14.1 Å². The van der Waals surface area contributed by atoms with Gasteiger partial charge in [-0.25, -0.2) is 4.98 Å². The van der Waals surface area contributed by atoms with E-state index in [1.807, 2.05) is 59.1 Å². The fourth-order valence-electron chi connectivity index (χ4n) is 3.17. The predicted octanol–water partition coefficient (Wildman–Crippen LogP) is 6.44. The second kappa shape index (κ2) is 7.82. The molecule has 0 atom stereocenters. The molecule has 0 spiro atoms. The van der Waals surface area contributed by atoms with Gasteiger partial charge in [-0.2, -0.15) is 0 Å². The average molecular weight is 489 g/mol. The number of carbonyl (C=O) groups is 1. The minimum atomic E-state index is -0.0867. The zero-order valence-corrected chi connectivity index (χ0v) is 18.8. The highest BCUT2D eigenvalue weighted by molar-refractivity contribution is 9.10. The number of rotatable bonds is 3. The molecule has 1 amide bonds. The summed E-state index contributed by atoms with van der Waals surface area (Å²) in [6.45, 7) is 0. The van der Waals surface area contributed by atoms with Crippen molar-refractivity contribution in [2.24, 2.45) is 0 Å². The summed E-state index contributed by atoms with van der Waals surface area (Å²) in [4.78, 5) is 19.0. The molecule has 0 saturated carbocycles. The van der Waals surface area contributed by atoms with Crippen LogP contribution >= 0.6 is 39.1 Å². The van der Waals surface area contributed by atoms with E-state index in [9.17, 15) is 4.79 Å². The molecular formula is C22H16BrCl2N3O. The van der Waals surface area contributed by atoms with Gasteiger partial charge in [0.05, 0.1) is 21.4 Å². The number of amides is 1. The number of nitrogens with zero attached hydrogens (tertiary/aromatic N) is 3. The Hall–Kier alpha value is -2.34. The summed E-state index contributed by atoms with van der Waals surface area (Å²) in [6, 6.07) is 16.9. The molecule has 0 unspecified atom stereocenters. The van der Waals surface area contributed by atoms with Gasteiger partial charge in [0.25, 0.3) is 5.91 Å². The Bertz CT molecular complexity index is 1220. The van der Waals surface area contributed by atoms with Gasteiger partial charge in [-0.15, -0.1) is 0 Å². The molecule has 0 N–H and O–H groups in total. The summed E-state index contributed by atoms with van der Waals surface area (Å²) >= 11 is 15.8. The Balaban J connectivity index is 2.05. The quantitative estimate of drug-likeness (QED) is 0.332. The summed E-state index contributed by atoms with van der Waals surface area (Å²) in [6.07, 6.45) is 1.82. The van der Waals surface area contributed by atoms with Gasteiger partial charge in [0, 0.05) is 41.5 Å². The maximum Gasteiger partial charge on any atom is 0.254 e. The van der Waals surface area contributed by atoms with Crippen molar-refractivity contribution < 1.29 is 4.79 Å². The number of benzene rings is 2. The molecular weight excluding hydrogens is 473 g/mol. The summed E-state index contributed by atoms with van der Waals surface area (Å²) in [5, 5.41) is 1.31. The largest absolute Gasteiger partial charge is 0.345 e. The molecule has 7 heteroatoms. The van der Waals surface area contributed by atoms with Gasteiger partial charge >= 0.3 is 0 Å². The third kappa shape index (κ3) is 3.78. The zero-order valence-electron chi connectivity index (χ0n) is 15.7. The van der Waals surface area contributed by atoms with E-state index in [0.717, 1.165) is 32.6 Å². The molecule has 29 heavy (non-hydrogen) atoms. The van der Waals surface area contributed by atoms with E-state index in [0.29, 0.717) is 15.6 Å². The number of aromatic nitrogens is 2. The topological polar surface area (TPSA) is 37.6 Å². The number of carbonyl (C=O) groups excluding carboxylic acids is 1. The van der Waals surface area contributed by atoms with E-state index in [2.05, 4.69) is 15.9 Å². The first-order valence-corrected chi connectivity index (χ1v) is 10.3. The first-order valence-electron chi connectivity index (χ1n) is 8.80. The first kappa shape index (κ1) is 20.0. The molecule has 0 aliphatic carbocycles. The fraction of sp³-hybridized carbons (Fsp3) is 0.0909. The van der Waals surface area contributed by atoms with Crippen molar-refractivity contribution in [3.63, 3.8) is 0 Å². The lowest BCUT2D eigenvalue weighted by molar-refractivity contribution is 0.0827. The standard InChI is InChI=1S/C22H16BrCl2N3O/c1-27(2)22(29)15-11-18(23)21-26-19(13-3-7-16(24)8-4-13)20(28(21)12-15)14-5-9-17(25)10-6-14/h3-12H,1-2H3. The van der Waals surface area contributed by atoms with Gasteiger partial charge in [0.15, 0.2) is 5.65 Å². The zero-order chi connectivity index (χ0) is 20.7. The van der Waals surface area contributed by atoms with Crippen LogP contribution in [0.5, 0.6) is 0 Å². The molecule has 0 radical (unpaired) electrons. The molecule has 4 nitrogen and oxygen atoms in total. The molecule has 2 aromatic carbocycles. The van der Waals surface area contributed by atoms with Gasteiger partial charge in [-0.3, -0.25) is 9.20 Å². The summed E-state index contributed by atoms with van der Waals surface area (Å²) in [5.74, 6) is -0.0867. The summed E-state index contributed by atoms with van der Waals surface area (Å²) in [5.41, 5.74) is 4.80. The van der Waals surface area contributed by atoms with Gasteiger partial charge in [0.2, 0.25) is 0 Å². The SMILES string of the molecule is CN(C)C(=O)c1cc(Br)c2nc(-c3ccc(Cl)cc3)c(-c3ccc(Cl)cc3)n2c1. The predicted molar refractivity (Wildman–Crippen MR) is 122 cm³/mol. The third-order valence-corrected chi connectivity index (χ3v) is 5.65. The number of hydrogen-bond donors (Lipinski definition) is 0. The minimum absolute atomic E-state index is 0.0867. The van der Waals surface area contributed by atoms with Crippen LogP contribution in [0.3, 0.4) is 0 Å². The number of fused-ring (bicyclic) bond motifs is 1. The third-order valence-electron chi connectivity index (χ3n) is 4.56. The van der Waals surface area contributed by atoms with Crippen molar-refractivity contribution in [3.8, 4) is 22.5 Å². The Morgan fingerprint density at radius 2 is 1.52 bits per heavy atom. The van der Waals surface area contributed by atoms with E-state index >= 15 is 0 Å². The lowest BCUT2D eigenvalue weighted by atomic mass is 10.0. The van der Waals surface area contributed by atoms with Gasteiger partial charge in [-0.1, -0.05) is 47.5 Å². The van der Waals surface area contributed by atoms with Gasteiger partial charge < -0.3 is 4.90 Å². The van der Waals surface area contributed by atoms with Crippen LogP contribution in [0.2, 0.25) is 10.0 Å². The maximum atomic E-state index is 12.6. The maximum absolute atomic E-state index is 12.6. The molecule has 4 aromatic rings. The van der Waals surface area contributed by atoms with Crippen molar-refractivity contribution in [1.29, 1.82) is 0 Å². The van der Waals surface area contributed by atoms with Crippen molar-refractivity contribution in [3.05, 3.63) is 80.9 Å². The van der Waals surface area contributed by atoms with Crippen LogP contribution in [0.1, 0.15) is 10.4 Å². The fourth-order valence-corrected chi connectivity index (χ4v) is 3.95. The van der Waals surface area contributed by atoms with E-state index in [1.54, 1.807) is 25.1 Å². The molecule has 0 saturated heterocycles. The Morgan fingerprint density at radius 1 is 0.966 bits per heavy atom. The van der Waals surface area contributed by atoms with Crippen LogP contribution in [-0.2, 0) is 0 Å². The van der Waals surface area contributed by atoms with Crippen LogP contribution in [0.25, 0.3) is 28.2 Å². The van der Waals surface area contributed by atoms with Crippen LogP contribution in [0.4, 0.5) is 0 Å². The number of pyridine rings is 1. The molecule has 4 rings (SSSR count). The van der Waals surface area contributed by atoms with Crippen molar-refractivity contribution in [1.82, 2.24) is 14.3 Å². The second-order valence-corrected chi connectivity index (χ2v) is 8.52. The molecule has 0 bridgehead atoms. The highest BCUT2D eigenvalue weighted by atomic mass is 79.9.